The van der Waals surface area contributed by atoms with E-state index in [0.717, 1.165) is 0 Å². The van der Waals surface area contributed by atoms with E-state index >= 15 is 0 Å². The van der Waals surface area contributed by atoms with Crippen LogP contribution in [-0.4, -0.2) is 0 Å². The van der Waals surface area contributed by atoms with Crippen molar-refractivity contribution in [3.63, 3.8) is 0 Å². The van der Waals surface area contributed by atoms with Gasteiger partial charge < -0.3 is 10.5 Å². The van der Waals surface area contributed by atoms with Gasteiger partial charge in [-0.25, -0.2) is 0 Å². The van der Waals surface area contributed by atoms with Gasteiger partial charge in [-0.2, -0.15) is 0 Å². The minimum atomic E-state index is -0.446. The van der Waals surface area contributed by atoms with Gasteiger partial charge in [0.2, 0.25) is 0 Å². The zero-order valence-corrected chi connectivity index (χ0v) is 38.6. The van der Waals surface area contributed by atoms with E-state index in [2.05, 4.69) is 283 Å². The first kappa shape index (κ1) is 46.8. The number of hydrogen-bond acceptors (Lipinski definition) is 1. The summed E-state index contributed by atoms with van der Waals surface area (Å²) in [6, 6.07) is 97.0. The molecule has 0 aliphatic carbocycles. The van der Waals surface area contributed by atoms with Gasteiger partial charge in [0.05, 0.1) is 0 Å². The van der Waals surface area contributed by atoms with Crippen molar-refractivity contribution in [1.82, 2.24) is 0 Å². The van der Waals surface area contributed by atoms with E-state index in [1.807, 2.05) is 17.3 Å². The molecule has 0 saturated heterocycles. The van der Waals surface area contributed by atoms with Crippen molar-refractivity contribution >= 4 is 81.2 Å². The molecule has 7 heteroatoms. The summed E-state index contributed by atoms with van der Waals surface area (Å²) < 4.78 is 0. The summed E-state index contributed by atoms with van der Waals surface area (Å²) in [5, 5.41) is 12.6. The van der Waals surface area contributed by atoms with Gasteiger partial charge in [0.1, 0.15) is 0 Å². The number of benzene rings is 9. The van der Waals surface area contributed by atoms with E-state index in [1.165, 1.54) is 47.7 Å². The summed E-state index contributed by atoms with van der Waals surface area (Å²) in [6.07, 6.45) is 0. The van der Waals surface area contributed by atoms with Crippen molar-refractivity contribution in [2.24, 2.45) is 0 Å². The predicted octanol–water partition coefficient (Wildman–Crippen LogP) is 11.3. The van der Waals surface area contributed by atoms with Crippen LogP contribution < -0.4 is 47.7 Å². The Morgan fingerprint density at radius 1 is 0.213 bits per heavy atom. The van der Waals surface area contributed by atoms with Crippen molar-refractivity contribution < 1.29 is 17.3 Å². The minimum absolute atomic E-state index is 0.446. The molecule has 0 radical (unpaired) electrons. The molecule has 0 fully saturated rings. The van der Waals surface area contributed by atoms with Gasteiger partial charge in [-0.1, -0.05) is 273 Å². The first-order chi connectivity index (χ1) is 30.3. The van der Waals surface area contributed by atoms with Crippen LogP contribution in [0, 0.1) is 4.91 Å². The number of rotatable bonds is 9. The van der Waals surface area contributed by atoms with Crippen LogP contribution >= 0.6 is 33.5 Å². The second-order valence-corrected chi connectivity index (χ2v) is 19.7. The molecule has 0 spiro atoms. The van der Waals surface area contributed by atoms with E-state index in [1.54, 1.807) is 0 Å². The molecule has 0 bridgehead atoms. The molecule has 0 saturated carbocycles. The van der Waals surface area contributed by atoms with Gasteiger partial charge in [-0.3, -0.25) is 0 Å². The summed E-state index contributed by atoms with van der Waals surface area (Å²) in [7, 11) is 3.23. The zero-order valence-electron chi connectivity index (χ0n) is 33.4. The van der Waals surface area contributed by atoms with Crippen LogP contribution in [0.25, 0.3) is 5.59 Å². The maximum atomic E-state index is 7.25. The summed E-state index contributed by atoms with van der Waals surface area (Å²) in [5.41, 5.74) is 5.75. The van der Waals surface area contributed by atoms with Crippen molar-refractivity contribution in [2.45, 2.75) is 0 Å². The van der Waals surface area contributed by atoms with Crippen LogP contribution in [-0.2, 0) is 17.3 Å². The molecule has 0 aliphatic rings. The van der Waals surface area contributed by atoms with Crippen molar-refractivity contribution in [3.8, 4) is 0 Å². The largest absolute Gasteiger partial charge is 0.577 e. The van der Waals surface area contributed by atoms with Gasteiger partial charge in [-0.05, 0) is 71.5 Å². The van der Waals surface area contributed by atoms with E-state index < -0.39 is 23.8 Å². The van der Waals surface area contributed by atoms with Crippen LogP contribution in [0.3, 0.4) is 0 Å². The molecule has 0 amide bonds. The fourth-order valence-electron chi connectivity index (χ4n) is 6.54. The third kappa shape index (κ3) is 14.4. The monoisotopic (exact) mass is 953 g/mol. The summed E-state index contributed by atoms with van der Waals surface area (Å²) in [5.74, 6) is 0. The average Bonchev–Trinajstić information content (AvgIpc) is 3.37. The fraction of sp³-hybridized carbons (Fsp3) is 0. The Hall–Kier alpha value is -5.22. The van der Waals surface area contributed by atoms with Gasteiger partial charge in [0.15, 0.2) is 0 Å². The van der Waals surface area contributed by atoms with E-state index in [0.29, 0.717) is 0 Å². The molecule has 0 atom stereocenters. The van der Waals surface area contributed by atoms with Crippen LogP contribution in [0.5, 0.6) is 0 Å². The van der Waals surface area contributed by atoms with E-state index in [9.17, 15) is 0 Å². The van der Waals surface area contributed by atoms with Crippen LogP contribution in [0.4, 0.5) is 0 Å². The molecule has 0 heterocycles. The van der Waals surface area contributed by atoms with Gasteiger partial charge in [0, 0.05) is 0 Å². The predicted molar refractivity (Wildman–Crippen MR) is 268 cm³/mol. The number of nitroso groups, excluding NO2 is 1. The molecule has 0 unspecified atom stereocenters. The van der Waals surface area contributed by atoms with E-state index in [4.69, 9.17) is 10.5 Å². The number of halogens is 1. The molecule has 0 aromatic heterocycles. The Labute approximate surface area is 379 Å². The molecule has 9 aromatic carbocycles. The summed E-state index contributed by atoms with van der Waals surface area (Å²) >= 11 is 1.82. The molecule has 9 aromatic rings. The first-order valence-corrected chi connectivity index (χ1v) is 25.8. The van der Waals surface area contributed by atoms with Crippen molar-refractivity contribution in [1.29, 1.82) is 0 Å². The third-order valence-corrected chi connectivity index (χ3v) is 16.5. The van der Waals surface area contributed by atoms with Gasteiger partial charge >= 0.3 is 27.0 Å². The molecular formula is C54H45ClNOP3Ru. The van der Waals surface area contributed by atoms with Crippen LogP contribution in [0.1, 0.15) is 0 Å². The Bertz CT molecular complexity index is 1900. The zero-order chi connectivity index (χ0) is 42.7. The normalized spacial score (nSPS) is 10.0. The maximum absolute atomic E-state index is 7.25. The van der Waals surface area contributed by atoms with Crippen LogP contribution in [0.15, 0.2) is 273 Å². The van der Waals surface area contributed by atoms with Gasteiger partial charge in [0.25, 0.3) is 0 Å². The Morgan fingerprint density at radius 2 is 0.295 bits per heavy atom. The smallest absolute Gasteiger partial charge is 0.0134 e. The topological polar surface area (TPSA) is 39.4 Å². The van der Waals surface area contributed by atoms with Gasteiger partial charge in [-0.15, -0.1) is 0 Å². The van der Waals surface area contributed by atoms with Crippen LogP contribution in [0.2, 0.25) is 0 Å². The second-order valence-electron chi connectivity index (χ2n) is 13.0. The Morgan fingerprint density at radius 3 is 0.377 bits per heavy atom. The Kier molecular flexibility index (Phi) is 21.2. The summed E-state index contributed by atoms with van der Waals surface area (Å²) in [6.45, 7) is 0. The third-order valence-electron chi connectivity index (χ3n) is 9.13. The molecule has 2 nitrogen and oxygen atoms in total. The van der Waals surface area contributed by atoms with Crippen molar-refractivity contribution in [2.75, 3.05) is 0 Å². The number of nitrogens with zero attached hydrogens (tertiary/aromatic N) is 1. The van der Waals surface area contributed by atoms with E-state index in [-0.39, 0.29) is 0 Å². The molecule has 0 aliphatic heterocycles. The molecule has 61 heavy (non-hydrogen) atoms. The van der Waals surface area contributed by atoms with Crippen molar-refractivity contribution in [3.05, 3.63) is 283 Å². The molecule has 0 N–H and O–H groups in total. The molecule has 302 valence electrons. The minimum Gasteiger partial charge on any atom is -0.577 e. The standard InChI is InChI=1S/3C18H15P.ClH.NO.Ru/c3*1-4-10-16(11-5-1)19(17-12-6-2-7-13-17)18-14-8-3-9-15-18;;1-2;/h3*1-15H;1H;;/q;;;;-1;+2/p-1. The maximum Gasteiger partial charge on any atom is -0.0134 e. The SMILES string of the molecule is [Cl][Ru+].[N-]=O.c1ccc(P(c2ccccc2)c2ccccc2)cc1.c1ccc(P(c2ccccc2)c2ccccc2)cc1.c1ccc(P(c2ccccc2)c2ccccc2)cc1. The first-order valence-electron chi connectivity index (χ1n) is 19.5. The number of hydrogen-bond donors (Lipinski definition) is 0. The fourth-order valence-corrected chi connectivity index (χ4v) is 13.5. The average molecular weight is 953 g/mol. The molecule has 9 rings (SSSR count). The quantitative estimate of drug-likeness (QED) is 0.105. The Balaban J connectivity index is 0.000000166. The molecular weight excluding hydrogens is 908 g/mol. The summed E-state index contributed by atoms with van der Waals surface area (Å²) in [4.78, 5) is 7.25. The second kappa shape index (κ2) is 27.6.